The maximum absolute atomic E-state index is 13.2. The first-order chi connectivity index (χ1) is 27.7. The Morgan fingerprint density at radius 3 is 2.26 bits per heavy atom. The highest BCUT2D eigenvalue weighted by Crippen LogP contribution is 2.42. The van der Waals surface area contributed by atoms with Gasteiger partial charge >= 0.3 is 11.8 Å². The third-order valence-electron chi connectivity index (χ3n) is 11.4. The maximum Gasteiger partial charge on any atom is 0.408 e. The Morgan fingerprint density at radius 1 is 0.842 bits per heavy atom. The van der Waals surface area contributed by atoms with Crippen LogP contribution in [0.2, 0.25) is 0 Å². The van der Waals surface area contributed by atoms with Crippen LogP contribution in [-0.4, -0.2) is 74.1 Å². The number of para-hydroxylation sites is 2. The number of nitrogens with zero attached hydrogens (tertiary/aromatic N) is 3. The molecule has 4 aromatic carbocycles. The van der Waals surface area contributed by atoms with Gasteiger partial charge in [0.05, 0.1) is 42.8 Å². The van der Waals surface area contributed by atoms with Crippen molar-refractivity contribution >= 4 is 28.9 Å². The van der Waals surface area contributed by atoms with Gasteiger partial charge in [-0.05, 0) is 47.2 Å². The fourth-order valence-electron chi connectivity index (χ4n) is 8.21. The van der Waals surface area contributed by atoms with Crippen molar-refractivity contribution in [1.82, 2.24) is 24.7 Å². The zero-order valence-corrected chi connectivity index (χ0v) is 31.8. The summed E-state index contributed by atoms with van der Waals surface area (Å²) in [6, 6.07) is 31.4. The number of amides is 3. The largest absolute Gasteiger partial charge is 0.445 e. The van der Waals surface area contributed by atoms with Crippen LogP contribution in [0.1, 0.15) is 72.4 Å². The first-order valence-electron chi connectivity index (χ1n) is 19.6. The number of fused-ring (bicyclic) bond motifs is 1. The molecule has 5 atom stereocenters. The van der Waals surface area contributed by atoms with E-state index in [1.165, 1.54) is 0 Å². The first kappa shape index (κ1) is 38.3. The fourth-order valence-corrected chi connectivity index (χ4v) is 8.21. The van der Waals surface area contributed by atoms with Crippen LogP contribution in [0.3, 0.4) is 0 Å². The smallest absolute Gasteiger partial charge is 0.408 e. The summed E-state index contributed by atoms with van der Waals surface area (Å²) in [4.78, 5) is 58.0. The SMILES string of the molecule is C[C@@H]1[C@H](CN2CCC(n3c(=O)[nH]c4ccccc43)CC2)O[C@H](c2ccc(CN3C(=O)CC(NC(=O)OCc4ccccc4)C3=O)cc2)O[C@@H]1c1ccc(CO)cc1. The minimum absolute atomic E-state index is 0.00109. The zero-order chi connectivity index (χ0) is 39.5. The Labute approximate surface area is 330 Å². The lowest BCUT2D eigenvalue weighted by Crippen LogP contribution is -2.47. The molecule has 1 aromatic heterocycles. The number of aliphatic hydroxyl groups is 1. The summed E-state index contributed by atoms with van der Waals surface area (Å²) in [6.45, 7) is 4.53. The highest BCUT2D eigenvalue weighted by Gasteiger charge is 2.41. The average Bonchev–Trinajstić information content (AvgIpc) is 3.71. The van der Waals surface area contributed by atoms with E-state index in [0.717, 1.165) is 69.7 Å². The van der Waals surface area contributed by atoms with E-state index < -0.39 is 24.3 Å². The molecule has 3 aliphatic heterocycles. The van der Waals surface area contributed by atoms with Gasteiger partial charge in [-0.2, -0.15) is 0 Å². The van der Waals surface area contributed by atoms with Crippen molar-refractivity contribution in [3.05, 3.63) is 141 Å². The fraction of sp³-hybridized carbons (Fsp3) is 0.364. The van der Waals surface area contributed by atoms with Crippen LogP contribution in [-0.2, 0) is 43.6 Å². The van der Waals surface area contributed by atoms with Crippen molar-refractivity contribution < 1.29 is 33.7 Å². The van der Waals surface area contributed by atoms with Crippen molar-refractivity contribution in [1.29, 1.82) is 0 Å². The molecule has 1 unspecified atom stereocenters. The quantitative estimate of drug-likeness (QED) is 0.148. The number of aromatic amines is 1. The molecule has 3 saturated heterocycles. The van der Waals surface area contributed by atoms with E-state index in [2.05, 4.69) is 22.1 Å². The number of carbonyl (C=O) groups is 3. The standard InChI is InChI=1S/C44H47N5O8/c1-28-38(25-47-21-19-34(20-22-47)49-37-10-6-5-9-35(37)45-43(49)53)56-42(57-40(28)32-15-13-30(26-50)14-16-32)33-17-11-29(12-18-33)24-48-39(51)23-36(41(48)52)46-44(54)55-27-31-7-3-2-4-8-31/h2-18,28,34,36,38,40,42,50H,19-27H2,1H3,(H,45,53)(H,46,54)/t28-,36?,38+,40+,42+/m1/s1. The van der Waals surface area contributed by atoms with E-state index in [1.54, 1.807) is 0 Å². The third kappa shape index (κ3) is 8.42. The number of hydrogen-bond acceptors (Lipinski definition) is 9. The summed E-state index contributed by atoms with van der Waals surface area (Å²) < 4.78 is 20.6. The van der Waals surface area contributed by atoms with Gasteiger partial charge in [0.1, 0.15) is 12.6 Å². The number of likely N-dealkylation sites (tertiary alicyclic amines) is 2. The van der Waals surface area contributed by atoms with E-state index in [1.807, 2.05) is 108 Å². The minimum Gasteiger partial charge on any atom is -0.445 e. The molecule has 0 spiro atoms. The van der Waals surface area contributed by atoms with Gasteiger partial charge in [0.25, 0.3) is 5.91 Å². The van der Waals surface area contributed by atoms with Crippen molar-refractivity contribution in [3.63, 3.8) is 0 Å². The second-order valence-electron chi connectivity index (χ2n) is 15.2. The highest BCUT2D eigenvalue weighted by atomic mass is 16.7. The molecule has 0 aliphatic carbocycles. The lowest BCUT2D eigenvalue weighted by molar-refractivity contribution is -0.276. The predicted octanol–water partition coefficient (Wildman–Crippen LogP) is 5.50. The number of piperidine rings is 1. The molecule has 5 aromatic rings. The number of hydrogen-bond donors (Lipinski definition) is 3. The minimum atomic E-state index is -0.992. The number of alkyl carbamates (subject to hydrolysis) is 1. The van der Waals surface area contributed by atoms with Gasteiger partial charge in [0.15, 0.2) is 6.29 Å². The lowest BCUT2D eigenvalue weighted by atomic mass is 9.89. The molecule has 57 heavy (non-hydrogen) atoms. The van der Waals surface area contributed by atoms with Crippen molar-refractivity contribution in [3.8, 4) is 0 Å². The van der Waals surface area contributed by atoms with Crippen LogP contribution in [0.15, 0.2) is 108 Å². The predicted molar refractivity (Wildman–Crippen MR) is 210 cm³/mol. The topological polar surface area (TPSA) is 155 Å². The van der Waals surface area contributed by atoms with Crippen molar-refractivity contribution in [2.45, 2.75) is 76.5 Å². The molecule has 3 N–H and O–H groups in total. The van der Waals surface area contributed by atoms with Gasteiger partial charge in [-0.3, -0.25) is 19.1 Å². The molecule has 4 heterocycles. The summed E-state index contributed by atoms with van der Waals surface area (Å²) in [6.07, 6.45) is -0.364. The van der Waals surface area contributed by atoms with E-state index in [-0.39, 0.29) is 61.9 Å². The van der Waals surface area contributed by atoms with Gasteiger partial charge in [-0.15, -0.1) is 0 Å². The molecule has 8 rings (SSSR count). The molecule has 0 bridgehead atoms. The van der Waals surface area contributed by atoms with Crippen LogP contribution in [0, 0.1) is 5.92 Å². The summed E-state index contributed by atoms with van der Waals surface area (Å²) in [7, 11) is 0. The lowest BCUT2D eigenvalue weighted by Gasteiger charge is -2.44. The Kier molecular flexibility index (Phi) is 11.3. The van der Waals surface area contributed by atoms with E-state index in [9.17, 15) is 24.3 Å². The number of aromatic nitrogens is 2. The number of H-pyrrole nitrogens is 1. The maximum atomic E-state index is 13.2. The zero-order valence-electron chi connectivity index (χ0n) is 31.8. The normalized spacial score (nSPS) is 23.3. The first-order valence-corrected chi connectivity index (χ1v) is 19.6. The van der Waals surface area contributed by atoms with E-state index in [4.69, 9.17) is 14.2 Å². The third-order valence-corrected chi connectivity index (χ3v) is 11.4. The van der Waals surface area contributed by atoms with Crippen molar-refractivity contribution in [2.24, 2.45) is 5.92 Å². The molecule has 3 aliphatic rings. The molecule has 3 fully saturated rings. The summed E-state index contributed by atoms with van der Waals surface area (Å²) in [5.41, 5.74) is 5.87. The van der Waals surface area contributed by atoms with Gasteiger partial charge < -0.3 is 34.5 Å². The summed E-state index contributed by atoms with van der Waals surface area (Å²) in [5.74, 6) is -0.858. The number of imide groups is 1. The van der Waals surface area contributed by atoms with E-state index in [0.29, 0.717) is 6.54 Å². The number of benzene rings is 4. The van der Waals surface area contributed by atoms with Gasteiger partial charge in [-0.1, -0.05) is 97.9 Å². The van der Waals surface area contributed by atoms with Crippen LogP contribution in [0.25, 0.3) is 11.0 Å². The Morgan fingerprint density at radius 2 is 1.53 bits per heavy atom. The van der Waals surface area contributed by atoms with Crippen LogP contribution in [0.4, 0.5) is 4.79 Å². The molecule has 0 radical (unpaired) electrons. The second-order valence-corrected chi connectivity index (χ2v) is 15.2. The molecule has 296 valence electrons. The number of aliphatic hydroxyl groups excluding tert-OH is 1. The average molecular weight is 774 g/mol. The second kappa shape index (κ2) is 16.9. The van der Waals surface area contributed by atoms with Gasteiger partial charge in [0.2, 0.25) is 5.91 Å². The highest BCUT2D eigenvalue weighted by molar-refractivity contribution is 6.06. The van der Waals surface area contributed by atoms with Crippen molar-refractivity contribution in [2.75, 3.05) is 19.6 Å². The number of ether oxygens (including phenoxy) is 3. The number of imidazole rings is 1. The Balaban J connectivity index is 0.921. The Bertz CT molecular complexity index is 2250. The molecule has 0 saturated carbocycles. The molecular weight excluding hydrogens is 727 g/mol. The van der Waals surface area contributed by atoms with Gasteiger partial charge in [-0.25, -0.2) is 9.59 Å². The molecule has 3 amide bonds. The van der Waals surface area contributed by atoms with E-state index >= 15 is 0 Å². The molecular formula is C44H47N5O8. The van der Waals surface area contributed by atoms with Crippen LogP contribution < -0.4 is 11.0 Å². The number of rotatable bonds is 11. The monoisotopic (exact) mass is 773 g/mol. The molecule has 13 nitrogen and oxygen atoms in total. The summed E-state index contributed by atoms with van der Waals surface area (Å²) >= 11 is 0. The summed E-state index contributed by atoms with van der Waals surface area (Å²) in [5, 5.41) is 12.2. The van der Waals surface area contributed by atoms with Crippen LogP contribution >= 0.6 is 0 Å². The molecule has 13 heteroatoms. The number of nitrogens with one attached hydrogen (secondary N) is 2. The van der Waals surface area contributed by atoms with Gasteiger partial charge in [0, 0.05) is 37.2 Å². The van der Waals surface area contributed by atoms with Crippen LogP contribution in [0.5, 0.6) is 0 Å². The number of carbonyl (C=O) groups excluding carboxylic acids is 3. The Hall–Kier alpha value is -5.60.